The quantitative estimate of drug-likeness (QED) is 0.625. The van der Waals surface area contributed by atoms with Gasteiger partial charge in [0.15, 0.2) is 0 Å². The minimum absolute atomic E-state index is 0.888. The van der Waals surface area contributed by atoms with Crippen molar-refractivity contribution < 1.29 is 0 Å². The predicted octanol–water partition coefficient (Wildman–Crippen LogP) is 3.72. The molecule has 0 aromatic heterocycles. The van der Waals surface area contributed by atoms with Crippen LogP contribution in [-0.2, 0) is 0 Å². The fourth-order valence-corrected chi connectivity index (χ4v) is 3.36. The van der Waals surface area contributed by atoms with E-state index in [0.717, 1.165) is 17.8 Å². The molecule has 0 spiro atoms. The third kappa shape index (κ3) is 1.28. The van der Waals surface area contributed by atoms with Crippen molar-refractivity contribution in [1.82, 2.24) is 0 Å². The van der Waals surface area contributed by atoms with Gasteiger partial charge in [0.25, 0.3) is 0 Å². The molecule has 2 rings (SSSR count). The second kappa shape index (κ2) is 2.93. The van der Waals surface area contributed by atoms with Crippen LogP contribution in [0, 0.1) is 17.8 Å². The maximum atomic E-state index is 3.67. The maximum absolute atomic E-state index is 3.67. The standard InChI is InChI=1S/C10H15Br/c1-2-10(11)9-6-7-3-4-8(9)5-7/h2,7-9H,3-6H2,1H3/b10-2-. The third-order valence-electron chi connectivity index (χ3n) is 3.37. The van der Waals surface area contributed by atoms with Gasteiger partial charge < -0.3 is 0 Å². The van der Waals surface area contributed by atoms with Crippen LogP contribution in [0.4, 0.5) is 0 Å². The Morgan fingerprint density at radius 2 is 2.18 bits per heavy atom. The zero-order valence-corrected chi connectivity index (χ0v) is 8.60. The van der Waals surface area contributed by atoms with Crippen molar-refractivity contribution in [3.63, 3.8) is 0 Å². The molecule has 2 saturated carbocycles. The molecule has 2 fully saturated rings. The van der Waals surface area contributed by atoms with Crippen LogP contribution < -0.4 is 0 Å². The Morgan fingerprint density at radius 1 is 1.36 bits per heavy atom. The van der Waals surface area contributed by atoms with E-state index in [2.05, 4.69) is 28.9 Å². The molecule has 2 aliphatic rings. The molecule has 62 valence electrons. The maximum Gasteiger partial charge on any atom is -0.00581 e. The third-order valence-corrected chi connectivity index (χ3v) is 4.41. The molecule has 2 aliphatic carbocycles. The Labute approximate surface area is 77.2 Å². The molecule has 0 aromatic carbocycles. The first kappa shape index (κ1) is 7.85. The monoisotopic (exact) mass is 214 g/mol. The second-order valence-corrected chi connectivity index (χ2v) is 4.87. The van der Waals surface area contributed by atoms with E-state index >= 15 is 0 Å². The van der Waals surface area contributed by atoms with Gasteiger partial charge in [0.05, 0.1) is 0 Å². The molecule has 3 atom stereocenters. The minimum atomic E-state index is 0.888. The zero-order chi connectivity index (χ0) is 7.84. The summed E-state index contributed by atoms with van der Waals surface area (Å²) in [6.45, 7) is 2.13. The normalized spacial score (nSPS) is 43.5. The van der Waals surface area contributed by atoms with Crippen LogP contribution >= 0.6 is 15.9 Å². The average molecular weight is 215 g/mol. The van der Waals surface area contributed by atoms with Crippen LogP contribution in [0.1, 0.15) is 32.6 Å². The molecule has 0 radical (unpaired) electrons. The summed E-state index contributed by atoms with van der Waals surface area (Å²) in [5.41, 5.74) is 0. The molecule has 11 heavy (non-hydrogen) atoms. The lowest BCUT2D eigenvalue weighted by Gasteiger charge is -2.20. The molecule has 0 amide bonds. The van der Waals surface area contributed by atoms with Crippen molar-refractivity contribution in [2.75, 3.05) is 0 Å². The Balaban J connectivity index is 2.08. The van der Waals surface area contributed by atoms with Crippen molar-refractivity contribution in [2.45, 2.75) is 32.6 Å². The topological polar surface area (TPSA) is 0 Å². The zero-order valence-electron chi connectivity index (χ0n) is 7.02. The molecule has 0 saturated heterocycles. The van der Waals surface area contributed by atoms with Crippen molar-refractivity contribution in [3.05, 3.63) is 10.6 Å². The lowest BCUT2D eigenvalue weighted by Crippen LogP contribution is -2.09. The van der Waals surface area contributed by atoms with Crippen LogP contribution in [-0.4, -0.2) is 0 Å². The van der Waals surface area contributed by atoms with Gasteiger partial charge in [-0.1, -0.05) is 28.4 Å². The summed E-state index contributed by atoms with van der Waals surface area (Å²) in [6.07, 6.45) is 8.18. The number of hydrogen-bond donors (Lipinski definition) is 0. The smallest absolute Gasteiger partial charge is 0.00581 e. The highest BCUT2D eigenvalue weighted by Gasteiger charge is 2.40. The van der Waals surface area contributed by atoms with Crippen LogP contribution in [0.5, 0.6) is 0 Å². The van der Waals surface area contributed by atoms with E-state index in [4.69, 9.17) is 0 Å². The van der Waals surface area contributed by atoms with Gasteiger partial charge in [0, 0.05) is 0 Å². The molecule has 0 nitrogen and oxygen atoms in total. The van der Waals surface area contributed by atoms with Gasteiger partial charge in [-0.05, 0) is 48.4 Å². The summed E-state index contributed by atoms with van der Waals surface area (Å²) in [4.78, 5) is 0. The van der Waals surface area contributed by atoms with Gasteiger partial charge in [0.1, 0.15) is 0 Å². The van der Waals surface area contributed by atoms with E-state index in [0.29, 0.717) is 0 Å². The van der Waals surface area contributed by atoms with E-state index in [1.54, 1.807) is 0 Å². The van der Waals surface area contributed by atoms with Crippen LogP contribution in [0.3, 0.4) is 0 Å². The predicted molar refractivity (Wildman–Crippen MR) is 51.6 cm³/mol. The van der Waals surface area contributed by atoms with Gasteiger partial charge in [-0.2, -0.15) is 0 Å². The van der Waals surface area contributed by atoms with E-state index < -0.39 is 0 Å². The summed E-state index contributed by atoms with van der Waals surface area (Å²) in [7, 11) is 0. The summed E-state index contributed by atoms with van der Waals surface area (Å²) in [5, 5.41) is 0. The molecule has 1 heteroatoms. The minimum Gasteiger partial charge on any atom is -0.0772 e. The van der Waals surface area contributed by atoms with Crippen LogP contribution in [0.25, 0.3) is 0 Å². The number of fused-ring (bicyclic) bond motifs is 2. The van der Waals surface area contributed by atoms with Gasteiger partial charge in [-0.15, -0.1) is 0 Å². The molecular weight excluding hydrogens is 200 g/mol. The summed E-state index contributed by atoms with van der Waals surface area (Å²) in [5.74, 6) is 2.97. The molecule has 3 unspecified atom stereocenters. The van der Waals surface area contributed by atoms with Gasteiger partial charge >= 0.3 is 0 Å². The first-order valence-corrected chi connectivity index (χ1v) is 5.42. The highest BCUT2D eigenvalue weighted by Crippen LogP contribution is 2.51. The molecule has 2 bridgehead atoms. The van der Waals surface area contributed by atoms with Gasteiger partial charge in [-0.3, -0.25) is 0 Å². The lowest BCUT2D eigenvalue weighted by molar-refractivity contribution is 0.391. The van der Waals surface area contributed by atoms with Crippen molar-refractivity contribution in [2.24, 2.45) is 17.8 Å². The molecule has 0 aliphatic heterocycles. The fourth-order valence-electron chi connectivity index (χ4n) is 2.80. The van der Waals surface area contributed by atoms with Gasteiger partial charge in [-0.25, -0.2) is 0 Å². The Morgan fingerprint density at radius 3 is 2.64 bits per heavy atom. The molecule has 0 N–H and O–H groups in total. The van der Waals surface area contributed by atoms with Crippen molar-refractivity contribution >= 4 is 15.9 Å². The second-order valence-electron chi connectivity index (χ2n) is 3.95. The highest BCUT2D eigenvalue weighted by molar-refractivity contribution is 9.11. The Bertz CT molecular complexity index is 183. The van der Waals surface area contributed by atoms with E-state index in [-0.39, 0.29) is 0 Å². The molecule has 0 aromatic rings. The number of hydrogen-bond acceptors (Lipinski definition) is 0. The van der Waals surface area contributed by atoms with Crippen molar-refractivity contribution in [1.29, 1.82) is 0 Å². The average Bonchev–Trinajstić information content (AvgIpc) is 2.62. The Hall–Kier alpha value is 0.220. The van der Waals surface area contributed by atoms with Crippen molar-refractivity contribution in [3.8, 4) is 0 Å². The Kier molecular flexibility index (Phi) is 2.09. The first-order valence-electron chi connectivity index (χ1n) is 4.63. The lowest BCUT2D eigenvalue weighted by atomic mass is 9.88. The first-order chi connectivity index (χ1) is 5.31. The number of rotatable bonds is 1. The van der Waals surface area contributed by atoms with Crippen LogP contribution in [0.2, 0.25) is 0 Å². The largest absolute Gasteiger partial charge is 0.0772 e. The number of halogens is 1. The summed E-state index contributed by atoms with van der Waals surface area (Å²) < 4.78 is 1.46. The highest BCUT2D eigenvalue weighted by atomic mass is 79.9. The van der Waals surface area contributed by atoms with Gasteiger partial charge in [0.2, 0.25) is 0 Å². The van der Waals surface area contributed by atoms with E-state index in [1.165, 1.54) is 30.2 Å². The molecule has 0 heterocycles. The fraction of sp³-hybridized carbons (Fsp3) is 0.800. The summed E-state index contributed by atoms with van der Waals surface area (Å²) in [6, 6.07) is 0. The van der Waals surface area contributed by atoms with E-state index in [1.807, 2.05) is 0 Å². The molecular formula is C10H15Br. The van der Waals surface area contributed by atoms with E-state index in [9.17, 15) is 0 Å². The van der Waals surface area contributed by atoms with Crippen LogP contribution in [0.15, 0.2) is 10.6 Å². The number of allylic oxidation sites excluding steroid dienone is 2. The SMILES string of the molecule is C/C=C(\Br)C1CC2CCC1C2. The summed E-state index contributed by atoms with van der Waals surface area (Å²) >= 11 is 3.67.